The van der Waals surface area contributed by atoms with E-state index in [1.165, 1.54) is 12.8 Å². The molecule has 1 amide bonds. The van der Waals surface area contributed by atoms with Crippen molar-refractivity contribution in [3.8, 4) is 0 Å². The summed E-state index contributed by atoms with van der Waals surface area (Å²) in [6, 6.07) is 5.77. The third-order valence-electron chi connectivity index (χ3n) is 3.68. The zero-order chi connectivity index (χ0) is 13.8. The normalized spacial score (nSPS) is 19.2. The van der Waals surface area contributed by atoms with E-state index in [2.05, 4.69) is 21.2 Å². The van der Waals surface area contributed by atoms with Crippen molar-refractivity contribution < 1.29 is 4.79 Å². The summed E-state index contributed by atoms with van der Waals surface area (Å²) in [6.45, 7) is 4.98. The highest BCUT2D eigenvalue weighted by Gasteiger charge is 2.19. The standard InChI is InChI=1S/C15H21BrN2O/c1-11-8-13(5-6-14(11)16)15(19)18(2)10-12-4-3-7-17-9-12/h5-6,8,12,17H,3-4,7,9-10H2,1-2H3. The van der Waals surface area contributed by atoms with Gasteiger partial charge in [0.15, 0.2) is 0 Å². The van der Waals surface area contributed by atoms with Crippen molar-refractivity contribution in [1.82, 2.24) is 10.2 Å². The van der Waals surface area contributed by atoms with Crippen molar-refractivity contribution in [2.45, 2.75) is 19.8 Å². The van der Waals surface area contributed by atoms with Crippen LogP contribution in [0.5, 0.6) is 0 Å². The summed E-state index contributed by atoms with van der Waals surface area (Å²) in [7, 11) is 1.90. The zero-order valence-corrected chi connectivity index (χ0v) is 13.2. The number of nitrogens with zero attached hydrogens (tertiary/aromatic N) is 1. The lowest BCUT2D eigenvalue weighted by molar-refractivity contribution is 0.0764. The molecule has 4 heteroatoms. The molecule has 1 fully saturated rings. The van der Waals surface area contributed by atoms with Crippen LogP contribution >= 0.6 is 15.9 Å². The average Bonchev–Trinajstić information content (AvgIpc) is 2.42. The first-order chi connectivity index (χ1) is 9.08. The van der Waals surface area contributed by atoms with Crippen LogP contribution in [-0.4, -0.2) is 37.5 Å². The number of nitrogens with one attached hydrogen (secondary N) is 1. The first kappa shape index (κ1) is 14.5. The molecule has 1 aromatic carbocycles. The Labute approximate surface area is 123 Å². The SMILES string of the molecule is Cc1cc(C(=O)N(C)CC2CCCNC2)ccc1Br. The van der Waals surface area contributed by atoms with Crippen LogP contribution < -0.4 is 5.32 Å². The number of hydrogen-bond acceptors (Lipinski definition) is 2. The summed E-state index contributed by atoms with van der Waals surface area (Å²) in [4.78, 5) is 14.2. The van der Waals surface area contributed by atoms with Gasteiger partial charge in [-0.1, -0.05) is 15.9 Å². The monoisotopic (exact) mass is 324 g/mol. The summed E-state index contributed by atoms with van der Waals surface area (Å²) in [5, 5.41) is 3.39. The molecule has 2 rings (SSSR count). The Hall–Kier alpha value is -0.870. The van der Waals surface area contributed by atoms with Gasteiger partial charge < -0.3 is 10.2 Å². The van der Waals surface area contributed by atoms with Gasteiger partial charge in [0.25, 0.3) is 5.91 Å². The number of hydrogen-bond donors (Lipinski definition) is 1. The second-order valence-corrected chi connectivity index (χ2v) is 6.22. The number of carbonyl (C=O) groups is 1. The van der Waals surface area contributed by atoms with Crippen LogP contribution in [0.3, 0.4) is 0 Å². The number of aryl methyl sites for hydroxylation is 1. The largest absolute Gasteiger partial charge is 0.341 e. The molecular weight excluding hydrogens is 304 g/mol. The van der Waals surface area contributed by atoms with E-state index in [0.717, 1.165) is 35.2 Å². The van der Waals surface area contributed by atoms with E-state index in [9.17, 15) is 4.79 Å². The van der Waals surface area contributed by atoms with Gasteiger partial charge in [-0.3, -0.25) is 4.79 Å². The van der Waals surface area contributed by atoms with E-state index in [0.29, 0.717) is 5.92 Å². The summed E-state index contributed by atoms with van der Waals surface area (Å²) >= 11 is 3.46. The lowest BCUT2D eigenvalue weighted by Gasteiger charge is -2.27. The fraction of sp³-hybridized carbons (Fsp3) is 0.533. The average molecular weight is 325 g/mol. The molecule has 1 aromatic rings. The van der Waals surface area contributed by atoms with Gasteiger partial charge in [0.2, 0.25) is 0 Å². The predicted octanol–water partition coefficient (Wildman–Crippen LogP) is 2.83. The zero-order valence-electron chi connectivity index (χ0n) is 11.6. The van der Waals surface area contributed by atoms with Gasteiger partial charge in [0, 0.05) is 23.6 Å². The van der Waals surface area contributed by atoms with E-state index in [4.69, 9.17) is 0 Å². The first-order valence-corrected chi connectivity index (χ1v) is 7.59. The molecule has 1 unspecified atom stereocenters. The van der Waals surface area contributed by atoms with E-state index in [-0.39, 0.29) is 5.91 Å². The van der Waals surface area contributed by atoms with Gasteiger partial charge in [0.05, 0.1) is 0 Å². The Kier molecular flexibility index (Phi) is 4.99. The molecule has 0 bridgehead atoms. The minimum atomic E-state index is 0.112. The van der Waals surface area contributed by atoms with Crippen LogP contribution in [0.1, 0.15) is 28.8 Å². The smallest absolute Gasteiger partial charge is 0.253 e. The van der Waals surface area contributed by atoms with Crippen LogP contribution in [0.25, 0.3) is 0 Å². The molecule has 0 radical (unpaired) electrons. The molecular formula is C15H21BrN2O. The van der Waals surface area contributed by atoms with Crippen LogP contribution in [0.15, 0.2) is 22.7 Å². The van der Waals surface area contributed by atoms with Crippen LogP contribution in [0, 0.1) is 12.8 Å². The van der Waals surface area contributed by atoms with Crippen molar-refractivity contribution in [2.75, 3.05) is 26.7 Å². The molecule has 1 aliphatic heterocycles. The Balaban J connectivity index is 1.99. The van der Waals surface area contributed by atoms with Gasteiger partial charge in [0.1, 0.15) is 0 Å². The number of carbonyl (C=O) groups excluding carboxylic acids is 1. The quantitative estimate of drug-likeness (QED) is 0.927. The molecule has 3 nitrogen and oxygen atoms in total. The topological polar surface area (TPSA) is 32.3 Å². The van der Waals surface area contributed by atoms with Crippen LogP contribution in [0.2, 0.25) is 0 Å². The number of halogens is 1. The molecule has 1 atom stereocenters. The Morgan fingerprint density at radius 1 is 1.53 bits per heavy atom. The maximum atomic E-state index is 12.4. The van der Waals surface area contributed by atoms with E-state index >= 15 is 0 Å². The van der Waals surface area contributed by atoms with Crippen molar-refractivity contribution in [1.29, 1.82) is 0 Å². The van der Waals surface area contributed by atoms with E-state index in [1.807, 2.05) is 37.1 Å². The van der Waals surface area contributed by atoms with Gasteiger partial charge >= 0.3 is 0 Å². The third kappa shape index (κ3) is 3.80. The lowest BCUT2D eigenvalue weighted by Crippen LogP contribution is -2.39. The van der Waals surface area contributed by atoms with Crippen LogP contribution in [-0.2, 0) is 0 Å². The van der Waals surface area contributed by atoms with Gasteiger partial charge in [-0.05, 0) is 62.5 Å². The number of benzene rings is 1. The van der Waals surface area contributed by atoms with Crippen molar-refractivity contribution in [3.05, 3.63) is 33.8 Å². The molecule has 104 valence electrons. The van der Waals surface area contributed by atoms with E-state index in [1.54, 1.807) is 0 Å². The van der Waals surface area contributed by atoms with Crippen LogP contribution in [0.4, 0.5) is 0 Å². The second kappa shape index (κ2) is 6.53. The van der Waals surface area contributed by atoms with Crippen molar-refractivity contribution in [2.24, 2.45) is 5.92 Å². The maximum Gasteiger partial charge on any atom is 0.253 e. The molecule has 1 saturated heterocycles. The Morgan fingerprint density at radius 2 is 2.32 bits per heavy atom. The number of amides is 1. The van der Waals surface area contributed by atoms with Crippen molar-refractivity contribution >= 4 is 21.8 Å². The molecule has 1 heterocycles. The summed E-state index contributed by atoms with van der Waals surface area (Å²) in [5.41, 5.74) is 1.87. The Morgan fingerprint density at radius 3 is 2.95 bits per heavy atom. The highest BCUT2D eigenvalue weighted by molar-refractivity contribution is 9.10. The first-order valence-electron chi connectivity index (χ1n) is 6.80. The maximum absolute atomic E-state index is 12.4. The molecule has 0 spiro atoms. The van der Waals surface area contributed by atoms with Crippen molar-refractivity contribution in [3.63, 3.8) is 0 Å². The number of rotatable bonds is 3. The summed E-state index contributed by atoms with van der Waals surface area (Å²) in [6.07, 6.45) is 2.42. The lowest BCUT2D eigenvalue weighted by atomic mass is 9.99. The number of piperidine rings is 1. The fourth-order valence-electron chi connectivity index (χ4n) is 2.55. The summed E-state index contributed by atoms with van der Waals surface area (Å²) < 4.78 is 1.04. The summed E-state index contributed by atoms with van der Waals surface area (Å²) in [5.74, 6) is 0.695. The minimum absolute atomic E-state index is 0.112. The van der Waals surface area contributed by atoms with E-state index < -0.39 is 0 Å². The highest BCUT2D eigenvalue weighted by Crippen LogP contribution is 2.19. The molecule has 0 aromatic heterocycles. The van der Waals surface area contributed by atoms with Gasteiger partial charge in [-0.2, -0.15) is 0 Å². The predicted molar refractivity (Wildman–Crippen MR) is 81.4 cm³/mol. The highest BCUT2D eigenvalue weighted by atomic mass is 79.9. The molecule has 0 aliphatic carbocycles. The molecule has 0 saturated carbocycles. The van der Waals surface area contributed by atoms with Gasteiger partial charge in [-0.15, -0.1) is 0 Å². The van der Waals surface area contributed by atoms with Gasteiger partial charge in [-0.25, -0.2) is 0 Å². The molecule has 1 N–H and O–H groups in total. The fourth-order valence-corrected chi connectivity index (χ4v) is 2.79. The molecule has 19 heavy (non-hydrogen) atoms. The Bertz CT molecular complexity index is 455. The third-order valence-corrected chi connectivity index (χ3v) is 4.57. The molecule has 1 aliphatic rings. The second-order valence-electron chi connectivity index (χ2n) is 5.36. The minimum Gasteiger partial charge on any atom is -0.341 e.